The lowest BCUT2D eigenvalue weighted by molar-refractivity contribution is 0.140. The summed E-state index contributed by atoms with van der Waals surface area (Å²) in [7, 11) is 3.15. The first kappa shape index (κ1) is 19.4. The van der Waals surface area contributed by atoms with Crippen LogP contribution in [0.5, 0.6) is 5.75 Å². The van der Waals surface area contributed by atoms with Crippen LogP contribution in [-0.4, -0.2) is 45.6 Å². The molecule has 0 unspecified atom stereocenters. The number of fused-ring (bicyclic) bond motifs is 1. The van der Waals surface area contributed by atoms with E-state index in [0.29, 0.717) is 25.7 Å². The number of rotatable bonds is 8. The van der Waals surface area contributed by atoms with Crippen molar-refractivity contribution in [2.24, 2.45) is 12.1 Å². The van der Waals surface area contributed by atoms with Gasteiger partial charge < -0.3 is 14.0 Å². The van der Waals surface area contributed by atoms with Gasteiger partial charge in [0.25, 0.3) is 5.56 Å². The summed E-state index contributed by atoms with van der Waals surface area (Å²) < 4.78 is 13.4. The molecule has 0 saturated carbocycles. The van der Waals surface area contributed by atoms with E-state index in [1.54, 1.807) is 24.9 Å². The van der Waals surface area contributed by atoms with E-state index in [-0.39, 0.29) is 11.2 Å². The molecule has 0 saturated heterocycles. The molecular weight excluding hydrogens is 364 g/mol. The molecule has 0 atom stereocenters. The minimum absolute atomic E-state index is 0.271. The summed E-state index contributed by atoms with van der Waals surface area (Å²) in [6.07, 6.45) is 1.62. The van der Waals surface area contributed by atoms with Crippen LogP contribution in [0.2, 0.25) is 0 Å². The Labute approximate surface area is 160 Å². The molecule has 0 aliphatic carbocycles. The monoisotopic (exact) mass is 386 g/mol. The van der Waals surface area contributed by atoms with E-state index in [1.165, 1.54) is 4.57 Å². The van der Waals surface area contributed by atoms with Crippen molar-refractivity contribution >= 4 is 23.3 Å². The van der Waals surface area contributed by atoms with Crippen molar-refractivity contribution < 1.29 is 9.47 Å². The number of hydrazone groups is 1. The average molecular weight is 386 g/mol. The number of hydrogen-bond donors (Lipinski definition) is 2. The Morgan fingerprint density at radius 2 is 2.04 bits per heavy atom. The first-order valence-corrected chi connectivity index (χ1v) is 8.75. The number of aromatic nitrogens is 4. The normalized spacial score (nSPS) is 11.4. The van der Waals surface area contributed by atoms with Crippen LogP contribution in [0, 0.1) is 0 Å². The van der Waals surface area contributed by atoms with E-state index < -0.39 is 11.2 Å². The predicted molar refractivity (Wildman–Crippen MR) is 106 cm³/mol. The number of benzene rings is 1. The van der Waals surface area contributed by atoms with Crippen molar-refractivity contribution in [3.05, 3.63) is 50.7 Å². The van der Waals surface area contributed by atoms with Crippen LogP contribution in [0.15, 0.2) is 39.0 Å². The molecule has 0 aliphatic rings. The van der Waals surface area contributed by atoms with Gasteiger partial charge in [-0.15, -0.1) is 0 Å². The molecule has 3 rings (SSSR count). The van der Waals surface area contributed by atoms with Crippen LogP contribution < -0.4 is 21.4 Å². The SMILES string of the molecule is CCOCCn1c(NN=Cc2ccc(OC)cc2)nc2c1c(=O)[nH]c(=O)n2C. The molecule has 0 amide bonds. The Hall–Kier alpha value is -3.40. The number of aryl methyl sites for hydroxylation is 1. The van der Waals surface area contributed by atoms with Crippen molar-refractivity contribution in [3.8, 4) is 5.75 Å². The van der Waals surface area contributed by atoms with Gasteiger partial charge >= 0.3 is 5.69 Å². The highest BCUT2D eigenvalue weighted by Crippen LogP contribution is 2.15. The maximum atomic E-state index is 12.3. The van der Waals surface area contributed by atoms with Crippen molar-refractivity contribution in [1.29, 1.82) is 0 Å². The number of aromatic amines is 1. The van der Waals surface area contributed by atoms with Gasteiger partial charge in [0.15, 0.2) is 11.2 Å². The molecule has 10 nitrogen and oxygen atoms in total. The van der Waals surface area contributed by atoms with Crippen LogP contribution in [0.1, 0.15) is 12.5 Å². The van der Waals surface area contributed by atoms with E-state index in [4.69, 9.17) is 9.47 Å². The Morgan fingerprint density at radius 3 is 2.71 bits per heavy atom. The number of nitrogens with zero attached hydrogens (tertiary/aromatic N) is 4. The lowest BCUT2D eigenvalue weighted by Gasteiger charge is -2.08. The third-order valence-corrected chi connectivity index (χ3v) is 4.16. The standard InChI is InChI=1S/C18H22N6O4/c1-4-28-10-9-24-14-15(23(2)18(26)21-16(14)25)20-17(24)22-19-11-12-5-7-13(27-3)8-6-12/h5-8,11H,4,9-10H2,1-3H3,(H,20,22)(H,21,25,26). The van der Waals surface area contributed by atoms with Crippen LogP contribution in [0.3, 0.4) is 0 Å². The number of imidazole rings is 1. The number of methoxy groups -OCH3 is 1. The molecule has 10 heteroatoms. The second-order valence-corrected chi connectivity index (χ2v) is 5.92. The highest BCUT2D eigenvalue weighted by Gasteiger charge is 2.16. The number of nitrogens with one attached hydrogen (secondary N) is 2. The van der Waals surface area contributed by atoms with Crippen molar-refractivity contribution in [2.75, 3.05) is 25.7 Å². The van der Waals surface area contributed by atoms with E-state index in [1.807, 2.05) is 31.2 Å². The lowest BCUT2D eigenvalue weighted by atomic mass is 10.2. The van der Waals surface area contributed by atoms with Gasteiger partial charge in [0, 0.05) is 20.2 Å². The molecule has 0 aliphatic heterocycles. The number of H-pyrrole nitrogens is 1. The molecule has 2 aromatic heterocycles. The Balaban J connectivity index is 1.94. The Bertz CT molecular complexity index is 1090. The zero-order valence-electron chi connectivity index (χ0n) is 15.9. The minimum atomic E-state index is -0.528. The molecule has 0 radical (unpaired) electrons. The third-order valence-electron chi connectivity index (χ3n) is 4.16. The fourth-order valence-corrected chi connectivity index (χ4v) is 2.69. The maximum absolute atomic E-state index is 12.3. The molecule has 2 heterocycles. The highest BCUT2D eigenvalue weighted by atomic mass is 16.5. The third kappa shape index (κ3) is 3.96. The van der Waals surface area contributed by atoms with Gasteiger partial charge in [-0.2, -0.15) is 10.1 Å². The fraction of sp³-hybridized carbons (Fsp3) is 0.333. The zero-order chi connectivity index (χ0) is 20.1. The largest absolute Gasteiger partial charge is 0.497 e. The van der Waals surface area contributed by atoms with Crippen molar-refractivity contribution in [3.63, 3.8) is 0 Å². The summed E-state index contributed by atoms with van der Waals surface area (Å²) in [6.45, 7) is 3.22. The number of anilines is 1. The molecule has 0 fully saturated rings. The molecule has 1 aromatic carbocycles. The minimum Gasteiger partial charge on any atom is -0.497 e. The van der Waals surface area contributed by atoms with E-state index in [9.17, 15) is 9.59 Å². The lowest BCUT2D eigenvalue weighted by Crippen LogP contribution is -2.29. The molecular formula is C18H22N6O4. The van der Waals surface area contributed by atoms with E-state index >= 15 is 0 Å². The topological polar surface area (TPSA) is 116 Å². The first-order chi connectivity index (χ1) is 13.5. The van der Waals surface area contributed by atoms with Gasteiger partial charge in [-0.05, 0) is 36.8 Å². The Kier molecular flexibility index (Phi) is 5.90. The smallest absolute Gasteiger partial charge is 0.329 e. The number of ether oxygens (including phenoxy) is 2. The van der Waals surface area contributed by atoms with Crippen molar-refractivity contribution in [1.82, 2.24) is 19.1 Å². The van der Waals surface area contributed by atoms with Gasteiger partial charge in [0.2, 0.25) is 5.95 Å². The number of hydrogen-bond acceptors (Lipinski definition) is 7. The van der Waals surface area contributed by atoms with Crippen molar-refractivity contribution in [2.45, 2.75) is 13.5 Å². The van der Waals surface area contributed by atoms with Crippen LogP contribution >= 0.6 is 0 Å². The molecule has 3 aromatic rings. The van der Waals surface area contributed by atoms with Gasteiger partial charge in [0.1, 0.15) is 5.75 Å². The molecule has 28 heavy (non-hydrogen) atoms. The summed E-state index contributed by atoms with van der Waals surface area (Å²) in [5.41, 5.74) is 3.22. The van der Waals surface area contributed by atoms with E-state index in [2.05, 4.69) is 20.5 Å². The van der Waals surface area contributed by atoms with Gasteiger partial charge in [-0.1, -0.05) is 0 Å². The Morgan fingerprint density at radius 1 is 1.29 bits per heavy atom. The summed E-state index contributed by atoms with van der Waals surface area (Å²) in [5.74, 6) is 1.09. The maximum Gasteiger partial charge on any atom is 0.329 e. The molecule has 148 valence electrons. The first-order valence-electron chi connectivity index (χ1n) is 8.75. The molecule has 0 bridgehead atoms. The predicted octanol–water partition coefficient (Wildman–Crippen LogP) is 0.914. The summed E-state index contributed by atoms with van der Waals surface area (Å²) >= 11 is 0. The molecule has 0 spiro atoms. The van der Waals surface area contributed by atoms with Crippen LogP contribution in [-0.2, 0) is 18.3 Å². The second kappa shape index (κ2) is 8.53. The quantitative estimate of drug-likeness (QED) is 0.338. The van der Waals surface area contributed by atoms with Gasteiger partial charge in [-0.3, -0.25) is 14.3 Å². The van der Waals surface area contributed by atoms with Crippen LogP contribution in [0.25, 0.3) is 11.2 Å². The highest BCUT2D eigenvalue weighted by molar-refractivity contribution is 5.80. The molecule has 2 N–H and O–H groups in total. The summed E-state index contributed by atoms with van der Waals surface area (Å²) in [5, 5.41) is 4.19. The average Bonchev–Trinajstić information content (AvgIpc) is 3.06. The van der Waals surface area contributed by atoms with Gasteiger partial charge in [0.05, 0.1) is 19.9 Å². The van der Waals surface area contributed by atoms with Gasteiger partial charge in [-0.25, -0.2) is 10.2 Å². The van der Waals surface area contributed by atoms with Crippen LogP contribution in [0.4, 0.5) is 5.95 Å². The van der Waals surface area contributed by atoms with E-state index in [0.717, 1.165) is 11.3 Å². The second-order valence-electron chi connectivity index (χ2n) is 5.92. The summed E-state index contributed by atoms with van der Waals surface area (Å²) in [4.78, 5) is 30.9. The summed E-state index contributed by atoms with van der Waals surface area (Å²) in [6, 6.07) is 7.37. The zero-order valence-corrected chi connectivity index (χ0v) is 15.9. The fourth-order valence-electron chi connectivity index (χ4n) is 2.69.